The van der Waals surface area contributed by atoms with Crippen molar-refractivity contribution in [2.75, 3.05) is 25.0 Å². The molecule has 0 fully saturated rings. The first-order valence-electron chi connectivity index (χ1n) is 11.2. The van der Waals surface area contributed by atoms with Crippen molar-refractivity contribution in [1.82, 2.24) is 13.9 Å². The summed E-state index contributed by atoms with van der Waals surface area (Å²) < 4.78 is 35.0. The molecule has 9 heteroatoms. The van der Waals surface area contributed by atoms with Crippen molar-refractivity contribution in [3.63, 3.8) is 0 Å². The van der Waals surface area contributed by atoms with Crippen LogP contribution in [0.3, 0.4) is 0 Å². The zero-order valence-corrected chi connectivity index (χ0v) is 20.6. The lowest BCUT2D eigenvalue weighted by molar-refractivity contribution is -0.120. The van der Waals surface area contributed by atoms with E-state index in [-0.39, 0.29) is 16.7 Å². The molecule has 0 spiro atoms. The third-order valence-corrected chi connectivity index (χ3v) is 7.58. The van der Waals surface area contributed by atoms with Gasteiger partial charge in [-0.3, -0.25) is 4.79 Å². The largest absolute Gasteiger partial charge is 0.492 e. The van der Waals surface area contributed by atoms with Crippen LogP contribution in [0.1, 0.15) is 40.7 Å². The number of para-hydroxylation sites is 2. The number of nitrogens with one attached hydrogen (secondary N) is 1. The van der Waals surface area contributed by atoms with Crippen molar-refractivity contribution >= 4 is 32.7 Å². The van der Waals surface area contributed by atoms with E-state index in [1.54, 1.807) is 26.2 Å². The van der Waals surface area contributed by atoms with Crippen molar-refractivity contribution in [3.8, 4) is 5.75 Å². The first kappa shape index (κ1) is 24.7. The van der Waals surface area contributed by atoms with Gasteiger partial charge in [-0.25, -0.2) is 13.4 Å². The van der Waals surface area contributed by atoms with Crippen LogP contribution in [-0.2, 0) is 14.8 Å². The molecule has 2 aromatic carbocycles. The number of carbonyl (C=O) groups is 1. The fourth-order valence-electron chi connectivity index (χ4n) is 3.92. The van der Waals surface area contributed by atoms with E-state index < -0.39 is 16.1 Å². The van der Waals surface area contributed by atoms with Gasteiger partial charge in [0.2, 0.25) is 15.9 Å². The molecule has 1 heterocycles. The van der Waals surface area contributed by atoms with Crippen molar-refractivity contribution in [2.45, 2.75) is 45.6 Å². The molecule has 0 aliphatic heterocycles. The van der Waals surface area contributed by atoms with E-state index in [0.717, 1.165) is 11.0 Å². The lowest BCUT2D eigenvalue weighted by Crippen LogP contribution is -2.31. The van der Waals surface area contributed by atoms with Gasteiger partial charge < -0.3 is 14.6 Å². The number of fused-ring (bicyclic) bond motifs is 1. The normalized spacial score (nSPS) is 12.9. The summed E-state index contributed by atoms with van der Waals surface area (Å²) in [5.41, 5.74) is 1.98. The highest BCUT2D eigenvalue weighted by Gasteiger charge is 2.28. The molecule has 0 aliphatic carbocycles. The number of hydrogen-bond donors (Lipinski definition) is 1. The molecule has 1 unspecified atom stereocenters. The van der Waals surface area contributed by atoms with Gasteiger partial charge in [-0.15, -0.1) is 0 Å². The molecule has 3 rings (SSSR count). The topological polar surface area (TPSA) is 93.5 Å². The summed E-state index contributed by atoms with van der Waals surface area (Å²) in [7, 11) is -3.69. The summed E-state index contributed by atoms with van der Waals surface area (Å²) in [4.78, 5) is 18.0. The van der Waals surface area contributed by atoms with Crippen molar-refractivity contribution in [2.24, 2.45) is 5.92 Å². The summed E-state index contributed by atoms with van der Waals surface area (Å²) in [5.74, 6) is 0.106. The van der Waals surface area contributed by atoms with Gasteiger partial charge in [0.15, 0.2) is 0 Å². The molecule has 178 valence electrons. The van der Waals surface area contributed by atoms with E-state index in [1.807, 2.05) is 49.6 Å². The number of ether oxygens (including phenoxy) is 1. The Morgan fingerprint density at radius 2 is 1.82 bits per heavy atom. The number of sulfonamides is 1. The van der Waals surface area contributed by atoms with Crippen LogP contribution in [0, 0.1) is 5.92 Å². The van der Waals surface area contributed by atoms with Crippen molar-refractivity contribution in [3.05, 3.63) is 48.8 Å². The smallest absolute Gasteiger partial charge is 0.247 e. The molecule has 0 aliphatic rings. The molecule has 3 aromatic rings. The van der Waals surface area contributed by atoms with Crippen LogP contribution in [0.15, 0.2) is 53.7 Å². The van der Waals surface area contributed by atoms with Crippen molar-refractivity contribution < 1.29 is 17.9 Å². The van der Waals surface area contributed by atoms with E-state index in [1.165, 1.54) is 16.4 Å². The molecule has 0 saturated carbocycles. The average molecular weight is 473 g/mol. The monoisotopic (exact) mass is 472 g/mol. The van der Waals surface area contributed by atoms with Crippen LogP contribution in [-0.4, -0.2) is 47.9 Å². The van der Waals surface area contributed by atoms with Gasteiger partial charge in [-0.1, -0.05) is 39.8 Å². The van der Waals surface area contributed by atoms with Gasteiger partial charge in [0.25, 0.3) is 0 Å². The van der Waals surface area contributed by atoms with Crippen LogP contribution in [0.25, 0.3) is 11.0 Å². The Bertz CT molecular complexity index is 1220. The minimum absolute atomic E-state index is 0.0410. The van der Waals surface area contributed by atoms with Gasteiger partial charge in [-0.05, 0) is 43.2 Å². The second-order valence-corrected chi connectivity index (χ2v) is 9.94. The number of hydrogen-bond acceptors (Lipinski definition) is 5. The Balaban J connectivity index is 2.01. The second kappa shape index (κ2) is 10.4. The number of imidazole rings is 1. The van der Waals surface area contributed by atoms with E-state index in [4.69, 9.17) is 4.74 Å². The standard InChI is InChI=1S/C24H32N4O4S/c1-6-27(7-2)33(30,31)18-13-14-22(32-8-3)20(15-18)26-24(29)23(17(4)5)28-16-25-19-11-9-10-12-21(19)28/h9-17,23H,6-8H2,1-5H3,(H,26,29). The molecular weight excluding hydrogens is 440 g/mol. The van der Waals surface area contributed by atoms with Gasteiger partial charge in [0.1, 0.15) is 11.8 Å². The van der Waals surface area contributed by atoms with E-state index in [0.29, 0.717) is 31.1 Å². The average Bonchev–Trinajstić information content (AvgIpc) is 3.19. The van der Waals surface area contributed by atoms with Crippen LogP contribution >= 0.6 is 0 Å². The number of amides is 1. The highest BCUT2D eigenvalue weighted by molar-refractivity contribution is 7.89. The maximum Gasteiger partial charge on any atom is 0.247 e. The summed E-state index contributed by atoms with van der Waals surface area (Å²) in [6.07, 6.45) is 1.67. The minimum Gasteiger partial charge on any atom is -0.492 e. The maximum absolute atomic E-state index is 13.5. The molecule has 0 saturated heterocycles. The Morgan fingerprint density at radius 3 is 2.45 bits per heavy atom. The molecule has 0 bridgehead atoms. The lowest BCUT2D eigenvalue weighted by atomic mass is 10.0. The minimum atomic E-state index is -3.69. The van der Waals surface area contributed by atoms with Gasteiger partial charge in [-0.2, -0.15) is 4.31 Å². The molecule has 1 amide bonds. The number of anilines is 1. The summed E-state index contributed by atoms with van der Waals surface area (Å²) >= 11 is 0. The zero-order valence-electron chi connectivity index (χ0n) is 19.8. The fourth-order valence-corrected chi connectivity index (χ4v) is 5.40. The zero-order chi connectivity index (χ0) is 24.2. The summed E-state index contributed by atoms with van der Waals surface area (Å²) in [6.45, 7) is 10.4. The third kappa shape index (κ3) is 5.04. The molecule has 1 N–H and O–H groups in total. The molecule has 0 radical (unpaired) electrons. The number of aromatic nitrogens is 2. The molecule has 8 nitrogen and oxygen atoms in total. The van der Waals surface area contributed by atoms with E-state index in [2.05, 4.69) is 10.3 Å². The van der Waals surface area contributed by atoms with E-state index >= 15 is 0 Å². The number of carbonyl (C=O) groups excluding carboxylic acids is 1. The predicted molar refractivity (Wildman–Crippen MR) is 130 cm³/mol. The fraction of sp³-hybridized carbons (Fsp3) is 0.417. The lowest BCUT2D eigenvalue weighted by Gasteiger charge is -2.24. The first-order valence-corrected chi connectivity index (χ1v) is 12.7. The van der Waals surface area contributed by atoms with Gasteiger partial charge in [0.05, 0.1) is 34.6 Å². The van der Waals surface area contributed by atoms with Crippen LogP contribution in [0.4, 0.5) is 5.69 Å². The summed E-state index contributed by atoms with van der Waals surface area (Å²) in [5, 5.41) is 2.92. The quantitative estimate of drug-likeness (QED) is 0.475. The maximum atomic E-state index is 13.5. The number of nitrogens with zero attached hydrogens (tertiary/aromatic N) is 3. The highest BCUT2D eigenvalue weighted by atomic mass is 32.2. The van der Waals surface area contributed by atoms with E-state index in [9.17, 15) is 13.2 Å². The summed E-state index contributed by atoms with van der Waals surface area (Å²) in [6, 6.07) is 11.7. The third-order valence-electron chi connectivity index (χ3n) is 5.53. The molecule has 1 atom stereocenters. The van der Waals surface area contributed by atoms with Crippen LogP contribution < -0.4 is 10.1 Å². The number of rotatable bonds is 10. The van der Waals surface area contributed by atoms with Gasteiger partial charge >= 0.3 is 0 Å². The van der Waals surface area contributed by atoms with Gasteiger partial charge in [0, 0.05) is 13.1 Å². The Labute approximate surface area is 195 Å². The second-order valence-electron chi connectivity index (χ2n) is 8.00. The SMILES string of the molecule is CCOc1ccc(S(=O)(=O)N(CC)CC)cc1NC(=O)C(C(C)C)n1cnc2ccccc21. The highest BCUT2D eigenvalue weighted by Crippen LogP contribution is 2.32. The molecule has 33 heavy (non-hydrogen) atoms. The van der Waals surface area contributed by atoms with Crippen molar-refractivity contribution in [1.29, 1.82) is 0 Å². The Hall–Kier alpha value is -2.91. The number of benzene rings is 2. The Kier molecular flexibility index (Phi) is 7.76. The van der Waals surface area contributed by atoms with Crippen LogP contribution in [0.2, 0.25) is 0 Å². The predicted octanol–water partition coefficient (Wildman–Crippen LogP) is 4.30. The molecule has 1 aromatic heterocycles. The first-order chi connectivity index (χ1) is 15.7. The van der Waals surface area contributed by atoms with Crippen LogP contribution in [0.5, 0.6) is 5.75 Å². The molecular formula is C24H32N4O4S. The Morgan fingerprint density at radius 1 is 1.12 bits per heavy atom.